The number of ether oxygens (including phenoxy) is 1. The van der Waals surface area contributed by atoms with Gasteiger partial charge in [-0.3, -0.25) is 0 Å². The van der Waals surface area contributed by atoms with Crippen molar-refractivity contribution >= 4 is 36.2 Å². The second kappa shape index (κ2) is 9.28. The lowest BCUT2D eigenvalue weighted by atomic mass is 10.2. The quantitative estimate of drug-likeness (QED) is 0.539. The highest BCUT2D eigenvalue weighted by atomic mass is 32.2. The Balaban J connectivity index is 1.73. The zero-order valence-electron chi connectivity index (χ0n) is 17.4. The highest BCUT2D eigenvalue weighted by molar-refractivity contribution is 7.93. The van der Waals surface area contributed by atoms with Crippen molar-refractivity contribution in [3.8, 4) is 0 Å². The molecule has 1 aromatic heterocycles. The topological polar surface area (TPSA) is 106 Å². The van der Waals surface area contributed by atoms with Crippen molar-refractivity contribution < 1.29 is 21.6 Å². The van der Waals surface area contributed by atoms with Crippen molar-refractivity contribution in [2.75, 3.05) is 31.2 Å². The van der Waals surface area contributed by atoms with E-state index in [2.05, 4.69) is 9.71 Å². The molecular formula is C21H23N3O5S3. The molecule has 1 fully saturated rings. The largest absolute Gasteiger partial charge is 0.378 e. The summed E-state index contributed by atoms with van der Waals surface area (Å²) in [7, 11) is -8.03. The molecule has 0 aliphatic carbocycles. The van der Waals surface area contributed by atoms with Gasteiger partial charge in [0.1, 0.15) is 5.00 Å². The van der Waals surface area contributed by atoms with Gasteiger partial charge in [0.25, 0.3) is 10.0 Å². The number of aryl methyl sites for hydroxylation is 1. The first-order chi connectivity index (χ1) is 15.3. The van der Waals surface area contributed by atoms with Crippen LogP contribution in [0.4, 0.5) is 5.00 Å². The minimum absolute atomic E-state index is 0.0732. The fourth-order valence-electron chi connectivity index (χ4n) is 3.20. The smallest absolute Gasteiger partial charge is 0.268 e. The molecule has 32 heavy (non-hydrogen) atoms. The van der Waals surface area contributed by atoms with Gasteiger partial charge in [0.05, 0.1) is 18.1 Å². The van der Waals surface area contributed by atoms with Gasteiger partial charge < -0.3 is 9.64 Å². The molecule has 1 saturated heterocycles. The lowest BCUT2D eigenvalue weighted by Crippen LogP contribution is -2.36. The van der Waals surface area contributed by atoms with Crippen LogP contribution in [0.3, 0.4) is 0 Å². The van der Waals surface area contributed by atoms with Crippen molar-refractivity contribution in [2.45, 2.75) is 27.7 Å². The van der Waals surface area contributed by atoms with Crippen LogP contribution in [0.5, 0.6) is 0 Å². The van der Waals surface area contributed by atoms with Crippen molar-refractivity contribution in [3.05, 3.63) is 65.7 Å². The lowest BCUT2D eigenvalue weighted by Gasteiger charge is -2.27. The summed E-state index contributed by atoms with van der Waals surface area (Å²) in [4.78, 5) is 6.03. The van der Waals surface area contributed by atoms with E-state index in [9.17, 15) is 16.8 Å². The summed E-state index contributed by atoms with van der Waals surface area (Å²) in [5, 5.41) is 0.0716. The van der Waals surface area contributed by atoms with Gasteiger partial charge in [0.15, 0.2) is 5.03 Å². The van der Waals surface area contributed by atoms with Gasteiger partial charge in [-0.25, -0.2) is 26.5 Å². The summed E-state index contributed by atoms with van der Waals surface area (Å²) < 4.78 is 60.3. The van der Waals surface area contributed by atoms with E-state index in [1.807, 2.05) is 30.0 Å². The molecular weight excluding hydrogens is 470 g/mol. The first-order valence-corrected chi connectivity index (χ1v) is 13.7. The molecule has 3 aromatic rings. The Morgan fingerprint density at radius 3 is 2.31 bits per heavy atom. The normalized spacial score (nSPS) is 15.1. The molecule has 2 heterocycles. The fraction of sp³-hybridized carbons (Fsp3) is 0.286. The van der Waals surface area contributed by atoms with Crippen molar-refractivity contribution in [3.63, 3.8) is 0 Å². The number of sulfone groups is 1. The van der Waals surface area contributed by atoms with E-state index in [1.54, 1.807) is 24.3 Å². The predicted molar refractivity (Wildman–Crippen MR) is 122 cm³/mol. The molecule has 170 valence electrons. The van der Waals surface area contributed by atoms with Crippen molar-refractivity contribution in [1.82, 2.24) is 9.71 Å². The number of anilines is 1. The minimum atomic E-state index is -4.02. The third-order valence-corrected chi connectivity index (χ3v) is 9.69. The van der Waals surface area contributed by atoms with Crippen molar-refractivity contribution in [1.29, 1.82) is 0 Å². The standard InChI is InChI=1S/C21H23N3O5S3/c1-16-7-9-18(10-8-16)31(25,26)19-20(24-11-13-29-14-12-24)30-21(23-19)32(27,28)22-15-17-5-3-2-4-6-17/h2-10,22H,11-15H2,1H3. The Kier molecular flexibility index (Phi) is 6.63. The molecule has 0 bridgehead atoms. The van der Waals surface area contributed by atoms with Gasteiger partial charge in [-0.2, -0.15) is 0 Å². The number of thiazole rings is 1. The molecule has 8 nitrogen and oxygen atoms in total. The molecule has 1 aliphatic heterocycles. The number of aromatic nitrogens is 1. The van der Waals surface area contributed by atoms with E-state index in [0.717, 1.165) is 22.5 Å². The average Bonchev–Trinajstić information content (AvgIpc) is 3.27. The number of benzene rings is 2. The van der Waals surface area contributed by atoms with Crippen LogP contribution in [-0.2, 0) is 31.1 Å². The number of morpholine rings is 1. The molecule has 1 aliphatic rings. The number of hydrogen-bond donors (Lipinski definition) is 1. The summed E-state index contributed by atoms with van der Waals surface area (Å²) in [6, 6.07) is 15.5. The van der Waals surface area contributed by atoms with Crippen LogP contribution in [0.15, 0.2) is 68.9 Å². The van der Waals surface area contributed by atoms with E-state index in [1.165, 1.54) is 12.1 Å². The molecule has 2 aromatic carbocycles. The van der Waals surface area contributed by atoms with Gasteiger partial charge in [0.2, 0.25) is 14.2 Å². The fourth-order valence-corrected chi connectivity index (χ4v) is 7.35. The van der Waals surface area contributed by atoms with E-state index in [0.29, 0.717) is 31.3 Å². The second-order valence-corrected chi connectivity index (χ2v) is 12.1. The van der Waals surface area contributed by atoms with Crippen LogP contribution >= 0.6 is 11.3 Å². The van der Waals surface area contributed by atoms with E-state index >= 15 is 0 Å². The van der Waals surface area contributed by atoms with Gasteiger partial charge in [-0.1, -0.05) is 59.4 Å². The third kappa shape index (κ3) is 4.86. The van der Waals surface area contributed by atoms with Gasteiger partial charge in [0, 0.05) is 19.6 Å². The Hall–Kier alpha value is -2.31. The minimum Gasteiger partial charge on any atom is -0.378 e. The molecule has 0 unspecified atom stereocenters. The highest BCUT2D eigenvalue weighted by Crippen LogP contribution is 2.37. The first-order valence-electron chi connectivity index (χ1n) is 9.96. The maximum absolute atomic E-state index is 13.4. The number of hydrogen-bond acceptors (Lipinski definition) is 8. The maximum atomic E-state index is 13.4. The van der Waals surface area contributed by atoms with Gasteiger partial charge >= 0.3 is 0 Å². The van der Waals surface area contributed by atoms with E-state index < -0.39 is 19.9 Å². The second-order valence-electron chi connectivity index (χ2n) is 7.32. The SMILES string of the molecule is Cc1ccc(S(=O)(=O)c2nc(S(=O)(=O)NCc3ccccc3)sc2N2CCOCC2)cc1. The molecule has 0 spiro atoms. The third-order valence-electron chi connectivity index (χ3n) is 4.98. The van der Waals surface area contributed by atoms with Crippen LogP contribution in [0, 0.1) is 6.92 Å². The number of rotatable bonds is 7. The van der Waals surface area contributed by atoms with E-state index in [4.69, 9.17) is 4.74 Å². The molecule has 0 amide bonds. The molecule has 0 saturated carbocycles. The Morgan fingerprint density at radius 1 is 1.00 bits per heavy atom. The summed E-state index contributed by atoms with van der Waals surface area (Å²) in [6.07, 6.45) is 0. The number of nitrogens with zero attached hydrogens (tertiary/aromatic N) is 2. The Bertz CT molecular complexity index is 1280. The zero-order valence-corrected chi connectivity index (χ0v) is 19.8. The number of sulfonamides is 1. The van der Waals surface area contributed by atoms with Crippen molar-refractivity contribution in [2.24, 2.45) is 0 Å². The maximum Gasteiger partial charge on any atom is 0.268 e. The monoisotopic (exact) mass is 493 g/mol. The summed E-state index contributed by atoms with van der Waals surface area (Å²) in [6.45, 7) is 3.70. The van der Waals surface area contributed by atoms with Gasteiger partial charge in [-0.15, -0.1) is 0 Å². The Labute approximate surface area is 191 Å². The molecule has 11 heteroatoms. The highest BCUT2D eigenvalue weighted by Gasteiger charge is 2.33. The van der Waals surface area contributed by atoms with Crippen LogP contribution in [0.25, 0.3) is 0 Å². The predicted octanol–water partition coefficient (Wildman–Crippen LogP) is 2.60. The summed E-state index contributed by atoms with van der Waals surface area (Å²) in [5.41, 5.74) is 1.71. The molecule has 0 atom stereocenters. The summed E-state index contributed by atoms with van der Waals surface area (Å²) in [5.74, 6) is 0. The van der Waals surface area contributed by atoms with Crippen LogP contribution in [0.2, 0.25) is 0 Å². The van der Waals surface area contributed by atoms with Crippen LogP contribution in [-0.4, -0.2) is 48.1 Å². The number of nitrogens with one attached hydrogen (secondary N) is 1. The van der Waals surface area contributed by atoms with Gasteiger partial charge in [-0.05, 0) is 24.6 Å². The first kappa shape index (κ1) is 22.9. The zero-order chi connectivity index (χ0) is 22.8. The van der Waals surface area contributed by atoms with Crippen LogP contribution < -0.4 is 9.62 Å². The average molecular weight is 494 g/mol. The molecule has 0 radical (unpaired) electrons. The summed E-state index contributed by atoms with van der Waals surface area (Å²) >= 11 is 0.862. The molecule has 1 N–H and O–H groups in total. The molecule has 4 rings (SSSR count). The Morgan fingerprint density at radius 2 is 1.66 bits per heavy atom. The lowest BCUT2D eigenvalue weighted by molar-refractivity contribution is 0.123. The van der Waals surface area contributed by atoms with Crippen LogP contribution in [0.1, 0.15) is 11.1 Å². The van der Waals surface area contributed by atoms with E-state index in [-0.39, 0.29) is 20.8 Å².